The third-order valence-corrected chi connectivity index (χ3v) is 4.03. The molecule has 6 heteroatoms. The largest absolute Gasteiger partial charge is 0.352 e. The van der Waals surface area contributed by atoms with Gasteiger partial charge in [-0.25, -0.2) is 0 Å². The number of halogens is 2. The van der Waals surface area contributed by atoms with Crippen LogP contribution in [0.4, 0.5) is 0 Å². The molecule has 1 aromatic carbocycles. The van der Waals surface area contributed by atoms with Crippen molar-refractivity contribution in [3.63, 3.8) is 0 Å². The highest BCUT2D eigenvalue weighted by atomic mass is 35.5. The van der Waals surface area contributed by atoms with Crippen LogP contribution in [-0.2, 0) is 4.79 Å². The Balaban J connectivity index is 1.81. The molecule has 0 aliphatic carbocycles. The summed E-state index contributed by atoms with van der Waals surface area (Å²) in [5, 5.41) is 15.0. The second-order valence-corrected chi connectivity index (χ2v) is 5.68. The fraction of sp³-hybridized carbons (Fsp3) is 0.429. The Bertz CT molecular complexity index is 513. The second-order valence-electron chi connectivity index (χ2n) is 4.86. The van der Waals surface area contributed by atoms with Crippen molar-refractivity contribution < 1.29 is 4.79 Å². The van der Waals surface area contributed by atoms with Crippen LogP contribution in [0.5, 0.6) is 0 Å². The minimum absolute atomic E-state index is 0.0106. The van der Waals surface area contributed by atoms with Gasteiger partial charge in [0, 0.05) is 24.7 Å². The van der Waals surface area contributed by atoms with Gasteiger partial charge in [-0.05, 0) is 37.1 Å². The summed E-state index contributed by atoms with van der Waals surface area (Å²) < 4.78 is 0. The smallest absolute Gasteiger partial charge is 0.220 e. The zero-order valence-electron chi connectivity index (χ0n) is 11.0. The molecule has 1 atom stereocenters. The molecule has 1 amide bonds. The standard InChI is InChI=1S/C14H17Cl2N3O/c15-11-2-1-9(7-12(11)16)13(17)3-4-14(20)19-10-5-6-18-8-10/h1-2,7,10,17-18H,3-6,8H2,(H,19,20). The first-order valence-electron chi connectivity index (χ1n) is 6.59. The van der Waals surface area contributed by atoms with Gasteiger partial charge >= 0.3 is 0 Å². The topological polar surface area (TPSA) is 65.0 Å². The number of hydrogen-bond donors (Lipinski definition) is 3. The third-order valence-electron chi connectivity index (χ3n) is 3.30. The normalized spacial score (nSPS) is 18.0. The summed E-state index contributed by atoms with van der Waals surface area (Å²) in [4.78, 5) is 11.8. The molecule has 2 rings (SSSR count). The molecular weight excluding hydrogens is 297 g/mol. The number of nitrogens with one attached hydrogen (secondary N) is 3. The molecule has 1 fully saturated rings. The van der Waals surface area contributed by atoms with E-state index in [0.717, 1.165) is 19.5 Å². The van der Waals surface area contributed by atoms with E-state index in [9.17, 15) is 4.79 Å². The van der Waals surface area contributed by atoms with Gasteiger partial charge in [-0.15, -0.1) is 0 Å². The molecule has 20 heavy (non-hydrogen) atoms. The van der Waals surface area contributed by atoms with Crippen LogP contribution in [0.15, 0.2) is 18.2 Å². The molecule has 0 radical (unpaired) electrons. The van der Waals surface area contributed by atoms with Gasteiger partial charge < -0.3 is 16.0 Å². The summed E-state index contributed by atoms with van der Waals surface area (Å²) in [5.41, 5.74) is 1.10. The van der Waals surface area contributed by atoms with Gasteiger partial charge in [-0.2, -0.15) is 0 Å². The summed E-state index contributed by atoms with van der Waals surface area (Å²) in [7, 11) is 0. The average Bonchev–Trinajstić information content (AvgIpc) is 2.92. The van der Waals surface area contributed by atoms with Crippen LogP contribution >= 0.6 is 23.2 Å². The molecule has 1 aromatic rings. The fourth-order valence-electron chi connectivity index (χ4n) is 2.14. The van der Waals surface area contributed by atoms with Crippen molar-refractivity contribution in [1.29, 1.82) is 5.41 Å². The summed E-state index contributed by atoms with van der Waals surface area (Å²) in [6.07, 6.45) is 1.68. The van der Waals surface area contributed by atoms with Gasteiger partial charge in [-0.1, -0.05) is 29.3 Å². The van der Waals surface area contributed by atoms with Crippen molar-refractivity contribution in [2.24, 2.45) is 0 Å². The molecule has 1 aliphatic heterocycles. The van der Waals surface area contributed by atoms with Gasteiger partial charge in [0.1, 0.15) is 0 Å². The molecule has 108 valence electrons. The highest BCUT2D eigenvalue weighted by Crippen LogP contribution is 2.23. The van der Waals surface area contributed by atoms with E-state index in [0.29, 0.717) is 34.2 Å². The molecule has 0 spiro atoms. The van der Waals surface area contributed by atoms with E-state index in [1.807, 2.05) is 0 Å². The molecule has 1 heterocycles. The first-order chi connectivity index (χ1) is 9.56. The van der Waals surface area contributed by atoms with Crippen molar-refractivity contribution >= 4 is 34.8 Å². The quantitative estimate of drug-likeness (QED) is 0.732. The monoisotopic (exact) mass is 313 g/mol. The summed E-state index contributed by atoms with van der Waals surface area (Å²) in [6.45, 7) is 1.78. The molecule has 4 nitrogen and oxygen atoms in total. The first-order valence-corrected chi connectivity index (χ1v) is 7.35. The summed E-state index contributed by atoms with van der Waals surface area (Å²) >= 11 is 11.8. The van der Waals surface area contributed by atoms with Crippen molar-refractivity contribution in [1.82, 2.24) is 10.6 Å². The van der Waals surface area contributed by atoms with Gasteiger partial charge in [0.05, 0.1) is 10.0 Å². The molecule has 0 bridgehead atoms. The second kappa shape index (κ2) is 7.07. The first kappa shape index (κ1) is 15.3. The van der Waals surface area contributed by atoms with Gasteiger partial charge in [0.25, 0.3) is 0 Å². The van der Waals surface area contributed by atoms with Crippen molar-refractivity contribution in [3.05, 3.63) is 33.8 Å². The molecule has 1 unspecified atom stereocenters. The van der Waals surface area contributed by atoms with E-state index in [4.69, 9.17) is 28.6 Å². The lowest BCUT2D eigenvalue weighted by atomic mass is 10.1. The highest BCUT2D eigenvalue weighted by molar-refractivity contribution is 6.42. The highest BCUT2D eigenvalue weighted by Gasteiger charge is 2.16. The van der Waals surface area contributed by atoms with Crippen LogP contribution < -0.4 is 10.6 Å². The minimum atomic E-state index is -0.0106. The average molecular weight is 314 g/mol. The predicted molar refractivity (Wildman–Crippen MR) is 81.9 cm³/mol. The maximum Gasteiger partial charge on any atom is 0.220 e. The predicted octanol–water partition coefficient (Wildman–Crippen LogP) is 2.62. The molecule has 1 saturated heterocycles. The Morgan fingerprint density at radius 1 is 1.35 bits per heavy atom. The van der Waals surface area contributed by atoms with Crippen LogP contribution in [-0.4, -0.2) is 30.8 Å². The van der Waals surface area contributed by atoms with Crippen LogP contribution in [0, 0.1) is 5.41 Å². The van der Waals surface area contributed by atoms with E-state index in [-0.39, 0.29) is 11.9 Å². The lowest BCUT2D eigenvalue weighted by Crippen LogP contribution is -2.36. The van der Waals surface area contributed by atoms with E-state index in [1.165, 1.54) is 0 Å². The number of benzene rings is 1. The molecular formula is C14H17Cl2N3O. The van der Waals surface area contributed by atoms with Crippen molar-refractivity contribution in [3.8, 4) is 0 Å². The fourth-order valence-corrected chi connectivity index (χ4v) is 2.44. The Hall–Kier alpha value is -1.10. The lowest BCUT2D eigenvalue weighted by Gasteiger charge is -2.11. The Labute approximate surface area is 128 Å². The van der Waals surface area contributed by atoms with Crippen molar-refractivity contribution in [2.45, 2.75) is 25.3 Å². The lowest BCUT2D eigenvalue weighted by molar-refractivity contribution is -0.121. The van der Waals surface area contributed by atoms with Crippen LogP contribution in [0.1, 0.15) is 24.8 Å². The van der Waals surface area contributed by atoms with E-state index >= 15 is 0 Å². The molecule has 0 saturated carbocycles. The maximum absolute atomic E-state index is 11.8. The number of rotatable bonds is 5. The molecule has 1 aliphatic rings. The van der Waals surface area contributed by atoms with Gasteiger partial charge in [0.15, 0.2) is 0 Å². The maximum atomic E-state index is 11.8. The SMILES string of the molecule is N=C(CCC(=O)NC1CCNC1)c1ccc(Cl)c(Cl)c1. The van der Waals surface area contributed by atoms with Gasteiger partial charge in [0.2, 0.25) is 5.91 Å². The summed E-state index contributed by atoms with van der Waals surface area (Å²) in [5.74, 6) is -0.0106. The van der Waals surface area contributed by atoms with Gasteiger partial charge in [-0.3, -0.25) is 4.79 Å². The Kier molecular flexibility index (Phi) is 5.40. The summed E-state index contributed by atoms with van der Waals surface area (Å²) in [6, 6.07) is 5.29. The molecule has 3 N–H and O–H groups in total. The zero-order chi connectivity index (χ0) is 14.5. The van der Waals surface area contributed by atoms with E-state index in [2.05, 4.69) is 10.6 Å². The minimum Gasteiger partial charge on any atom is -0.352 e. The molecule has 0 aromatic heterocycles. The number of carbonyl (C=O) groups excluding carboxylic acids is 1. The van der Waals surface area contributed by atoms with Crippen molar-refractivity contribution in [2.75, 3.05) is 13.1 Å². The number of hydrogen-bond acceptors (Lipinski definition) is 3. The number of carbonyl (C=O) groups is 1. The van der Waals surface area contributed by atoms with E-state index in [1.54, 1.807) is 18.2 Å². The van der Waals surface area contributed by atoms with E-state index < -0.39 is 0 Å². The van der Waals surface area contributed by atoms with Crippen LogP contribution in [0.25, 0.3) is 0 Å². The third kappa shape index (κ3) is 4.20. The van der Waals surface area contributed by atoms with Crippen LogP contribution in [0.2, 0.25) is 10.0 Å². The Morgan fingerprint density at radius 2 is 2.15 bits per heavy atom. The zero-order valence-corrected chi connectivity index (χ0v) is 12.5. The van der Waals surface area contributed by atoms with Crippen LogP contribution in [0.3, 0.4) is 0 Å². The number of amides is 1. The Morgan fingerprint density at radius 3 is 2.80 bits per heavy atom.